The van der Waals surface area contributed by atoms with E-state index in [2.05, 4.69) is 17.6 Å². The van der Waals surface area contributed by atoms with Crippen LogP contribution in [0, 0.1) is 0 Å². The number of hydrogen-bond donors (Lipinski definition) is 1. The highest BCUT2D eigenvalue weighted by atomic mass is 35.5. The predicted molar refractivity (Wildman–Crippen MR) is 100 cm³/mol. The number of urea groups is 1. The highest BCUT2D eigenvalue weighted by Crippen LogP contribution is 2.39. The van der Waals surface area contributed by atoms with Gasteiger partial charge in [0.2, 0.25) is 0 Å². The molecule has 1 aliphatic rings. The van der Waals surface area contributed by atoms with E-state index >= 15 is 0 Å². The molecule has 0 aliphatic carbocycles. The van der Waals surface area contributed by atoms with Crippen LogP contribution >= 0.6 is 24.2 Å². The summed E-state index contributed by atoms with van der Waals surface area (Å²) in [5, 5.41) is 0.241. The third kappa shape index (κ3) is 3.56. The molecule has 0 saturated carbocycles. The molecule has 10 heteroatoms. The number of thiol groups is 1. The Morgan fingerprint density at radius 2 is 1.86 bits per heavy atom. The first-order valence-corrected chi connectivity index (χ1v) is 8.92. The van der Waals surface area contributed by atoms with Gasteiger partial charge in [0.25, 0.3) is 5.91 Å². The number of amides is 3. The molecule has 0 radical (unpaired) electrons. The lowest BCUT2D eigenvalue weighted by Crippen LogP contribution is -2.43. The molecular weight excluding hydrogens is 415 g/mol. The quantitative estimate of drug-likeness (QED) is 0.433. The molecule has 1 saturated heterocycles. The van der Waals surface area contributed by atoms with Crippen molar-refractivity contribution < 1.29 is 22.8 Å². The molecule has 0 spiro atoms. The minimum Gasteiger partial charge on any atom is -0.305 e. The highest BCUT2D eigenvalue weighted by molar-refractivity contribution is 7.80. The lowest BCUT2D eigenvalue weighted by molar-refractivity contribution is -0.137. The Hall–Kier alpha value is -2.26. The van der Waals surface area contributed by atoms with Gasteiger partial charge in [-0.15, -0.1) is 12.6 Å². The van der Waals surface area contributed by atoms with Crippen molar-refractivity contribution in [3.63, 3.8) is 0 Å². The zero-order valence-corrected chi connectivity index (χ0v) is 16.4. The Kier molecular flexibility index (Phi) is 5.09. The number of carbonyl (C=O) groups excluding carboxylic acids is 2. The third-order valence-electron chi connectivity index (χ3n) is 4.50. The van der Waals surface area contributed by atoms with E-state index in [4.69, 9.17) is 11.6 Å². The van der Waals surface area contributed by atoms with Crippen LogP contribution in [0.25, 0.3) is 0 Å². The molecule has 2 aromatic rings. The van der Waals surface area contributed by atoms with Gasteiger partial charge in [0.15, 0.2) is 0 Å². The SMILES string of the molecule is CC1(C)C(=O)N(c2ccc(C(F)(F)F)cc2S)C(=O)N1Cc1ccnc(Cl)c1. The number of pyridine rings is 1. The normalized spacial score (nSPS) is 16.8. The first-order chi connectivity index (χ1) is 12.9. The summed E-state index contributed by atoms with van der Waals surface area (Å²) in [6, 6.07) is 5.25. The van der Waals surface area contributed by atoms with Gasteiger partial charge < -0.3 is 4.90 Å². The maximum absolute atomic E-state index is 13.0. The number of anilines is 1. The van der Waals surface area contributed by atoms with Gasteiger partial charge in [-0.2, -0.15) is 13.2 Å². The zero-order valence-electron chi connectivity index (χ0n) is 14.8. The third-order valence-corrected chi connectivity index (χ3v) is 5.06. The molecule has 0 bridgehead atoms. The molecule has 3 rings (SSSR count). The molecule has 1 aliphatic heterocycles. The summed E-state index contributed by atoms with van der Waals surface area (Å²) < 4.78 is 38.7. The topological polar surface area (TPSA) is 53.5 Å². The Bertz CT molecular complexity index is 965. The zero-order chi connectivity index (χ0) is 20.9. The molecule has 2 heterocycles. The average Bonchev–Trinajstić information content (AvgIpc) is 2.75. The van der Waals surface area contributed by atoms with Crippen LogP contribution in [-0.4, -0.2) is 27.4 Å². The molecule has 0 unspecified atom stereocenters. The number of rotatable bonds is 3. The van der Waals surface area contributed by atoms with Crippen LogP contribution in [0.1, 0.15) is 25.0 Å². The van der Waals surface area contributed by atoms with Gasteiger partial charge in [-0.05, 0) is 49.7 Å². The Balaban J connectivity index is 1.98. The number of alkyl halides is 3. The lowest BCUT2D eigenvalue weighted by atomic mass is 10.0. The molecule has 1 fully saturated rings. The van der Waals surface area contributed by atoms with Crippen molar-refractivity contribution in [1.29, 1.82) is 0 Å². The standard InChI is InChI=1S/C18H15ClF3N3O2S/c1-17(2)15(26)25(12-4-3-11(8-13(12)28)18(20,21)22)16(27)24(17)9-10-5-6-23-14(19)7-10/h3-8,28H,9H2,1-2H3. The lowest BCUT2D eigenvalue weighted by Gasteiger charge is -2.27. The molecule has 148 valence electrons. The summed E-state index contributed by atoms with van der Waals surface area (Å²) in [5.41, 5.74) is -1.47. The summed E-state index contributed by atoms with van der Waals surface area (Å²) in [6.07, 6.45) is -3.08. The number of nitrogens with zero attached hydrogens (tertiary/aromatic N) is 3. The van der Waals surface area contributed by atoms with Crippen LogP contribution in [0.15, 0.2) is 41.4 Å². The minimum atomic E-state index is -4.55. The van der Waals surface area contributed by atoms with Crippen molar-refractivity contribution in [3.05, 3.63) is 52.8 Å². The molecule has 0 atom stereocenters. The van der Waals surface area contributed by atoms with Gasteiger partial charge in [0.05, 0.1) is 11.3 Å². The monoisotopic (exact) mass is 429 g/mol. The van der Waals surface area contributed by atoms with Crippen molar-refractivity contribution in [2.45, 2.75) is 37.0 Å². The highest BCUT2D eigenvalue weighted by Gasteiger charge is 2.52. The fraction of sp³-hybridized carbons (Fsp3) is 0.278. The maximum Gasteiger partial charge on any atom is 0.416 e. The van der Waals surface area contributed by atoms with E-state index in [1.165, 1.54) is 11.1 Å². The largest absolute Gasteiger partial charge is 0.416 e. The second-order valence-corrected chi connectivity index (χ2v) is 7.63. The summed E-state index contributed by atoms with van der Waals surface area (Å²) in [6.45, 7) is 3.22. The Morgan fingerprint density at radius 1 is 1.18 bits per heavy atom. The minimum absolute atomic E-state index is 0.00494. The van der Waals surface area contributed by atoms with Crippen LogP contribution in [0.4, 0.5) is 23.7 Å². The van der Waals surface area contributed by atoms with Gasteiger partial charge in [-0.3, -0.25) is 4.79 Å². The van der Waals surface area contributed by atoms with E-state index in [9.17, 15) is 22.8 Å². The molecule has 5 nitrogen and oxygen atoms in total. The smallest absolute Gasteiger partial charge is 0.305 e. The average molecular weight is 430 g/mol. The summed E-state index contributed by atoms with van der Waals surface area (Å²) in [5.74, 6) is -0.562. The number of benzene rings is 1. The van der Waals surface area contributed by atoms with Crippen LogP contribution in [0.3, 0.4) is 0 Å². The number of aromatic nitrogens is 1. The van der Waals surface area contributed by atoms with Gasteiger partial charge >= 0.3 is 12.2 Å². The molecule has 1 aromatic heterocycles. The van der Waals surface area contributed by atoms with Crippen molar-refractivity contribution in [2.75, 3.05) is 4.90 Å². The summed E-state index contributed by atoms with van der Waals surface area (Å²) >= 11 is 9.93. The van der Waals surface area contributed by atoms with Crippen molar-refractivity contribution in [2.24, 2.45) is 0 Å². The number of imide groups is 1. The van der Waals surface area contributed by atoms with Crippen LogP contribution < -0.4 is 4.90 Å². The second-order valence-electron chi connectivity index (χ2n) is 6.76. The fourth-order valence-corrected chi connectivity index (χ4v) is 3.44. The number of halogens is 4. The fourth-order valence-electron chi connectivity index (χ4n) is 2.93. The molecule has 28 heavy (non-hydrogen) atoms. The maximum atomic E-state index is 13.0. The first kappa shape index (κ1) is 20.5. The molecule has 1 aromatic carbocycles. The van der Waals surface area contributed by atoms with Gasteiger partial charge in [0, 0.05) is 17.6 Å². The van der Waals surface area contributed by atoms with Gasteiger partial charge in [0.1, 0.15) is 10.7 Å². The summed E-state index contributed by atoms with van der Waals surface area (Å²) in [4.78, 5) is 31.8. The van der Waals surface area contributed by atoms with Crippen molar-refractivity contribution >= 4 is 41.9 Å². The van der Waals surface area contributed by atoms with Gasteiger partial charge in [-0.1, -0.05) is 11.6 Å². The van der Waals surface area contributed by atoms with Crippen LogP contribution in [0.5, 0.6) is 0 Å². The van der Waals surface area contributed by atoms with E-state index in [1.54, 1.807) is 26.0 Å². The number of carbonyl (C=O) groups is 2. The van der Waals surface area contributed by atoms with E-state index in [-0.39, 0.29) is 22.3 Å². The van der Waals surface area contributed by atoms with Crippen LogP contribution in [0.2, 0.25) is 5.15 Å². The van der Waals surface area contributed by atoms with Gasteiger partial charge in [-0.25, -0.2) is 14.7 Å². The number of hydrogen-bond acceptors (Lipinski definition) is 4. The molecule has 0 N–H and O–H groups in total. The summed E-state index contributed by atoms with van der Waals surface area (Å²) in [7, 11) is 0. The van der Waals surface area contributed by atoms with Crippen molar-refractivity contribution in [3.8, 4) is 0 Å². The van der Waals surface area contributed by atoms with E-state index in [1.807, 2.05) is 0 Å². The molecule has 3 amide bonds. The predicted octanol–water partition coefficient (Wildman–Crippen LogP) is 4.79. The van der Waals surface area contributed by atoms with E-state index in [0.717, 1.165) is 23.1 Å². The second kappa shape index (κ2) is 6.97. The Morgan fingerprint density at radius 3 is 2.43 bits per heavy atom. The van der Waals surface area contributed by atoms with E-state index in [0.29, 0.717) is 5.56 Å². The van der Waals surface area contributed by atoms with Crippen molar-refractivity contribution in [1.82, 2.24) is 9.88 Å². The first-order valence-electron chi connectivity index (χ1n) is 8.09. The van der Waals surface area contributed by atoms with Crippen LogP contribution in [-0.2, 0) is 17.5 Å². The molecular formula is C18H15ClF3N3O2S. The van der Waals surface area contributed by atoms with E-state index < -0.39 is 29.2 Å². The Labute approximate surface area is 169 Å².